The van der Waals surface area contributed by atoms with Crippen molar-refractivity contribution in [1.82, 2.24) is 0 Å². The summed E-state index contributed by atoms with van der Waals surface area (Å²) in [7, 11) is 0. The number of hydrogen-bond donors (Lipinski definition) is 1. The van der Waals surface area contributed by atoms with Crippen molar-refractivity contribution in [3.63, 3.8) is 0 Å². The second-order valence-corrected chi connectivity index (χ2v) is 6.29. The minimum atomic E-state index is -0.643. The van der Waals surface area contributed by atoms with Crippen molar-refractivity contribution in [3.8, 4) is 0 Å². The standard InChI is InChI=1S/C18H14FNO3S/c1-11-5-2-3-7-14(11)20-17(21)10-23-18(22)16-9-12-13(19)6-4-8-15(12)24-16/h2-9H,10H2,1H3,(H,20,21). The van der Waals surface area contributed by atoms with Gasteiger partial charge in [0, 0.05) is 15.8 Å². The highest BCUT2D eigenvalue weighted by Crippen LogP contribution is 2.28. The predicted octanol–water partition coefficient (Wildman–Crippen LogP) is 4.14. The number of ether oxygens (including phenoxy) is 1. The summed E-state index contributed by atoms with van der Waals surface area (Å²) in [6.07, 6.45) is 0. The third kappa shape index (κ3) is 3.44. The monoisotopic (exact) mass is 343 g/mol. The van der Waals surface area contributed by atoms with Crippen molar-refractivity contribution >= 4 is 39.0 Å². The van der Waals surface area contributed by atoms with Gasteiger partial charge in [0.25, 0.3) is 5.91 Å². The van der Waals surface area contributed by atoms with Crippen LogP contribution in [0.1, 0.15) is 15.2 Å². The second-order valence-electron chi connectivity index (χ2n) is 5.20. The Morgan fingerprint density at radius 1 is 1.17 bits per heavy atom. The molecule has 0 radical (unpaired) electrons. The number of carbonyl (C=O) groups excluding carboxylic acids is 2. The fourth-order valence-corrected chi connectivity index (χ4v) is 3.20. The summed E-state index contributed by atoms with van der Waals surface area (Å²) in [5, 5.41) is 3.05. The average molecular weight is 343 g/mol. The Hall–Kier alpha value is -2.73. The minimum absolute atomic E-state index is 0.263. The lowest BCUT2D eigenvalue weighted by Crippen LogP contribution is -2.21. The van der Waals surface area contributed by atoms with Crippen LogP contribution in [0.25, 0.3) is 10.1 Å². The number of para-hydroxylation sites is 1. The van der Waals surface area contributed by atoms with Crippen molar-refractivity contribution < 1.29 is 18.7 Å². The first-order chi connectivity index (χ1) is 11.5. The molecule has 0 aliphatic rings. The van der Waals surface area contributed by atoms with Gasteiger partial charge in [0.2, 0.25) is 0 Å². The topological polar surface area (TPSA) is 55.4 Å². The number of benzene rings is 2. The van der Waals surface area contributed by atoms with Crippen molar-refractivity contribution in [3.05, 3.63) is 64.8 Å². The Kier molecular flexibility index (Phi) is 4.57. The summed E-state index contributed by atoms with van der Waals surface area (Å²) in [6.45, 7) is 1.47. The molecule has 1 N–H and O–H groups in total. The van der Waals surface area contributed by atoms with E-state index in [4.69, 9.17) is 4.74 Å². The minimum Gasteiger partial charge on any atom is -0.451 e. The largest absolute Gasteiger partial charge is 0.451 e. The van der Waals surface area contributed by atoms with E-state index in [2.05, 4.69) is 5.32 Å². The Bertz CT molecular complexity index is 920. The number of rotatable bonds is 4. The number of esters is 1. The third-order valence-corrected chi connectivity index (χ3v) is 4.54. The number of nitrogens with one attached hydrogen (secondary N) is 1. The zero-order valence-corrected chi connectivity index (χ0v) is 13.7. The summed E-state index contributed by atoms with van der Waals surface area (Å²) in [5.74, 6) is -1.46. The number of halogens is 1. The SMILES string of the molecule is Cc1ccccc1NC(=O)COC(=O)c1cc2c(F)cccc2s1. The van der Waals surface area contributed by atoms with Crippen LogP contribution in [0.5, 0.6) is 0 Å². The molecule has 0 saturated carbocycles. The maximum absolute atomic E-state index is 13.6. The number of thiophene rings is 1. The van der Waals surface area contributed by atoms with E-state index >= 15 is 0 Å². The maximum atomic E-state index is 13.6. The molecule has 0 spiro atoms. The summed E-state index contributed by atoms with van der Waals surface area (Å²) in [4.78, 5) is 24.2. The van der Waals surface area contributed by atoms with E-state index in [9.17, 15) is 14.0 Å². The van der Waals surface area contributed by atoms with Gasteiger partial charge in [-0.2, -0.15) is 0 Å². The van der Waals surface area contributed by atoms with Gasteiger partial charge in [0.15, 0.2) is 6.61 Å². The van der Waals surface area contributed by atoms with E-state index in [1.165, 1.54) is 12.1 Å². The molecule has 1 amide bonds. The number of hydrogen-bond acceptors (Lipinski definition) is 4. The van der Waals surface area contributed by atoms with Crippen LogP contribution in [0.15, 0.2) is 48.5 Å². The zero-order valence-electron chi connectivity index (χ0n) is 12.8. The zero-order chi connectivity index (χ0) is 17.1. The summed E-state index contributed by atoms with van der Waals surface area (Å²) in [6, 6.07) is 13.4. The molecule has 1 aromatic heterocycles. The van der Waals surface area contributed by atoms with Crippen LogP contribution in [0.4, 0.5) is 10.1 Å². The third-order valence-electron chi connectivity index (χ3n) is 3.46. The quantitative estimate of drug-likeness (QED) is 0.724. The Morgan fingerprint density at radius 3 is 2.71 bits per heavy atom. The summed E-state index contributed by atoms with van der Waals surface area (Å²) >= 11 is 1.13. The van der Waals surface area contributed by atoms with Crippen LogP contribution in [0.2, 0.25) is 0 Å². The molecule has 6 heteroatoms. The number of anilines is 1. The van der Waals surface area contributed by atoms with Crippen LogP contribution in [-0.2, 0) is 9.53 Å². The van der Waals surface area contributed by atoms with Crippen molar-refractivity contribution in [2.45, 2.75) is 6.92 Å². The molecule has 0 aliphatic carbocycles. The van der Waals surface area contributed by atoms with E-state index < -0.39 is 18.5 Å². The van der Waals surface area contributed by atoms with E-state index in [0.717, 1.165) is 16.9 Å². The highest BCUT2D eigenvalue weighted by Gasteiger charge is 2.15. The molecule has 0 bridgehead atoms. The lowest BCUT2D eigenvalue weighted by molar-refractivity contribution is -0.119. The average Bonchev–Trinajstić information content (AvgIpc) is 3.00. The molecule has 2 aromatic carbocycles. The lowest BCUT2D eigenvalue weighted by Gasteiger charge is -2.08. The fraction of sp³-hybridized carbons (Fsp3) is 0.111. The van der Waals surface area contributed by atoms with Gasteiger partial charge < -0.3 is 10.1 Å². The Balaban J connectivity index is 1.63. The molecule has 0 unspecified atom stereocenters. The van der Waals surface area contributed by atoms with Crippen molar-refractivity contribution in [2.75, 3.05) is 11.9 Å². The van der Waals surface area contributed by atoms with Crippen LogP contribution in [0, 0.1) is 12.7 Å². The Morgan fingerprint density at radius 2 is 1.96 bits per heavy atom. The van der Waals surface area contributed by atoms with E-state index in [1.807, 2.05) is 19.1 Å². The van der Waals surface area contributed by atoms with Gasteiger partial charge in [0.1, 0.15) is 10.7 Å². The van der Waals surface area contributed by atoms with Gasteiger partial charge in [-0.1, -0.05) is 24.3 Å². The normalized spacial score (nSPS) is 10.6. The number of amides is 1. The molecule has 24 heavy (non-hydrogen) atoms. The highest BCUT2D eigenvalue weighted by molar-refractivity contribution is 7.20. The van der Waals surface area contributed by atoms with Gasteiger partial charge in [-0.15, -0.1) is 11.3 Å². The van der Waals surface area contributed by atoms with Crippen molar-refractivity contribution in [1.29, 1.82) is 0 Å². The van der Waals surface area contributed by atoms with Crippen LogP contribution >= 0.6 is 11.3 Å². The first kappa shape index (κ1) is 16.1. The Labute approximate surface area is 141 Å². The lowest BCUT2D eigenvalue weighted by atomic mass is 10.2. The van der Waals surface area contributed by atoms with Gasteiger partial charge >= 0.3 is 5.97 Å². The number of fused-ring (bicyclic) bond motifs is 1. The number of aryl methyl sites for hydroxylation is 1. The first-order valence-corrected chi connectivity index (χ1v) is 8.07. The molecule has 3 rings (SSSR count). The van der Waals surface area contributed by atoms with Gasteiger partial charge in [0.05, 0.1) is 0 Å². The smallest absolute Gasteiger partial charge is 0.348 e. The van der Waals surface area contributed by atoms with E-state index in [-0.39, 0.29) is 10.7 Å². The molecule has 0 aliphatic heterocycles. The first-order valence-electron chi connectivity index (χ1n) is 7.25. The molecular weight excluding hydrogens is 329 g/mol. The number of carbonyl (C=O) groups is 2. The molecule has 4 nitrogen and oxygen atoms in total. The summed E-state index contributed by atoms with van der Waals surface area (Å²) in [5.41, 5.74) is 1.58. The van der Waals surface area contributed by atoms with Crippen LogP contribution in [0.3, 0.4) is 0 Å². The maximum Gasteiger partial charge on any atom is 0.348 e. The molecule has 0 atom stereocenters. The van der Waals surface area contributed by atoms with E-state index in [0.29, 0.717) is 15.8 Å². The molecule has 0 saturated heterocycles. The van der Waals surface area contributed by atoms with Gasteiger partial charge in [-0.25, -0.2) is 9.18 Å². The molecular formula is C18H14FNO3S. The molecule has 3 aromatic rings. The van der Waals surface area contributed by atoms with Crippen LogP contribution < -0.4 is 5.32 Å². The van der Waals surface area contributed by atoms with Crippen LogP contribution in [-0.4, -0.2) is 18.5 Å². The van der Waals surface area contributed by atoms with Crippen molar-refractivity contribution in [2.24, 2.45) is 0 Å². The molecule has 122 valence electrons. The molecule has 1 heterocycles. The van der Waals surface area contributed by atoms with Gasteiger partial charge in [-0.05, 0) is 36.8 Å². The van der Waals surface area contributed by atoms with Gasteiger partial charge in [-0.3, -0.25) is 4.79 Å². The fourth-order valence-electron chi connectivity index (χ4n) is 2.23. The highest BCUT2D eigenvalue weighted by atomic mass is 32.1. The van der Waals surface area contributed by atoms with E-state index in [1.54, 1.807) is 24.3 Å². The molecule has 0 fully saturated rings. The predicted molar refractivity (Wildman–Crippen MR) is 91.9 cm³/mol. The summed E-state index contributed by atoms with van der Waals surface area (Å²) < 4.78 is 19.3. The second kappa shape index (κ2) is 6.80.